The van der Waals surface area contributed by atoms with E-state index in [2.05, 4.69) is 24.4 Å². The van der Waals surface area contributed by atoms with Crippen molar-refractivity contribution in [1.82, 2.24) is 9.99 Å². The monoisotopic (exact) mass is 596 g/mol. The molecule has 0 spiro atoms. The van der Waals surface area contributed by atoms with Gasteiger partial charge in [0.2, 0.25) is 0 Å². The third-order valence-electron chi connectivity index (χ3n) is 6.43. The Morgan fingerprint density at radius 3 is 2.20 bits per heavy atom. The lowest BCUT2D eigenvalue weighted by molar-refractivity contribution is -0.119. The number of amides is 1. The van der Waals surface area contributed by atoms with Crippen molar-refractivity contribution >= 4 is 51.0 Å². The van der Waals surface area contributed by atoms with E-state index in [-0.39, 0.29) is 10.8 Å². The van der Waals surface area contributed by atoms with Gasteiger partial charge in [-0.05, 0) is 73.9 Å². The number of nitrogens with one attached hydrogen (secondary N) is 1. The average Bonchev–Trinajstić information content (AvgIpc) is 3.19. The molecule has 208 valence electrons. The molecular weight excluding hydrogens is 567 g/mol. The molecule has 0 aliphatic carbocycles. The number of halogens is 2. The lowest BCUT2D eigenvalue weighted by Crippen LogP contribution is -2.39. The van der Waals surface area contributed by atoms with Gasteiger partial charge in [-0.1, -0.05) is 67.4 Å². The molecule has 0 radical (unpaired) electrons. The highest BCUT2D eigenvalue weighted by Gasteiger charge is 2.27. The van der Waals surface area contributed by atoms with Crippen LogP contribution in [-0.4, -0.2) is 31.7 Å². The van der Waals surface area contributed by atoms with E-state index in [0.717, 1.165) is 32.5 Å². The predicted molar refractivity (Wildman–Crippen MR) is 163 cm³/mol. The molecule has 0 unspecified atom stereocenters. The van der Waals surface area contributed by atoms with Crippen molar-refractivity contribution in [3.05, 3.63) is 111 Å². The van der Waals surface area contributed by atoms with E-state index in [9.17, 15) is 13.2 Å². The summed E-state index contributed by atoms with van der Waals surface area (Å²) in [6.45, 7) is 7.52. The number of hydrogen-bond acceptors (Lipinski definition) is 4. The number of carbonyl (C=O) groups excluding carboxylic acids is 1. The Balaban J connectivity index is 1.56. The van der Waals surface area contributed by atoms with Crippen LogP contribution in [0.25, 0.3) is 5.69 Å². The van der Waals surface area contributed by atoms with Crippen LogP contribution in [0.4, 0.5) is 5.69 Å². The summed E-state index contributed by atoms with van der Waals surface area (Å²) >= 11 is 12.4. The quantitative estimate of drug-likeness (QED) is 0.169. The second-order valence-corrected chi connectivity index (χ2v) is 12.4. The van der Waals surface area contributed by atoms with Crippen LogP contribution >= 0.6 is 23.2 Å². The summed E-state index contributed by atoms with van der Waals surface area (Å²) in [6, 6.07) is 22.4. The van der Waals surface area contributed by atoms with Gasteiger partial charge in [-0.15, -0.1) is 0 Å². The molecule has 4 aromatic rings. The van der Waals surface area contributed by atoms with Gasteiger partial charge in [0.05, 0.1) is 16.8 Å². The summed E-state index contributed by atoms with van der Waals surface area (Å²) in [5, 5.41) is 5.15. The van der Waals surface area contributed by atoms with Crippen LogP contribution < -0.4 is 9.73 Å². The number of rotatable bonds is 9. The van der Waals surface area contributed by atoms with Crippen LogP contribution in [0.5, 0.6) is 0 Å². The first-order valence-electron chi connectivity index (χ1n) is 12.6. The van der Waals surface area contributed by atoms with Gasteiger partial charge in [0.25, 0.3) is 15.9 Å². The van der Waals surface area contributed by atoms with Gasteiger partial charge in [0.15, 0.2) is 0 Å². The van der Waals surface area contributed by atoms with Crippen LogP contribution in [0.3, 0.4) is 0 Å². The SMILES string of the molecule is Cc1cc(/C=N\NC(=O)CN(c2ccc(C(C)C)cc2)S(=O)(=O)c2ccccc2)c(C)n1-c1cc(Cl)cc(Cl)c1. The van der Waals surface area contributed by atoms with E-state index in [1.807, 2.05) is 48.7 Å². The Morgan fingerprint density at radius 2 is 1.60 bits per heavy atom. The number of hydrazone groups is 1. The molecule has 4 rings (SSSR count). The van der Waals surface area contributed by atoms with Crippen LogP contribution in [-0.2, 0) is 14.8 Å². The molecule has 10 heteroatoms. The Bertz CT molecular complexity index is 1630. The molecule has 0 aliphatic heterocycles. The Labute approximate surface area is 245 Å². The highest BCUT2D eigenvalue weighted by molar-refractivity contribution is 7.92. The van der Waals surface area contributed by atoms with Crippen LogP contribution in [0.15, 0.2) is 88.9 Å². The van der Waals surface area contributed by atoms with Crippen molar-refractivity contribution in [2.45, 2.75) is 38.5 Å². The van der Waals surface area contributed by atoms with E-state index in [4.69, 9.17) is 23.2 Å². The lowest BCUT2D eigenvalue weighted by Gasteiger charge is -2.24. The molecular formula is C30H30Cl2N4O3S. The number of nitrogens with zero attached hydrogens (tertiary/aromatic N) is 3. The number of aromatic nitrogens is 1. The van der Waals surface area contributed by atoms with E-state index < -0.39 is 22.5 Å². The van der Waals surface area contributed by atoms with Gasteiger partial charge in [-0.2, -0.15) is 5.10 Å². The summed E-state index contributed by atoms with van der Waals surface area (Å²) in [7, 11) is -4.01. The molecule has 0 bridgehead atoms. The van der Waals surface area contributed by atoms with E-state index >= 15 is 0 Å². The van der Waals surface area contributed by atoms with Crippen molar-refractivity contribution in [2.75, 3.05) is 10.8 Å². The second kappa shape index (κ2) is 12.3. The largest absolute Gasteiger partial charge is 0.318 e. The maximum atomic E-state index is 13.5. The van der Waals surface area contributed by atoms with Gasteiger partial charge in [-0.3, -0.25) is 9.10 Å². The first-order valence-corrected chi connectivity index (χ1v) is 14.8. The Hall–Kier alpha value is -3.59. The zero-order chi connectivity index (χ0) is 29.0. The van der Waals surface area contributed by atoms with Gasteiger partial charge < -0.3 is 4.57 Å². The summed E-state index contributed by atoms with van der Waals surface area (Å²) in [4.78, 5) is 13.0. The van der Waals surface area contributed by atoms with Crippen LogP contribution in [0.1, 0.15) is 42.3 Å². The summed E-state index contributed by atoms with van der Waals surface area (Å²) in [6.07, 6.45) is 1.52. The predicted octanol–water partition coefficient (Wildman–Crippen LogP) is 6.87. The number of anilines is 1. The van der Waals surface area contributed by atoms with Gasteiger partial charge in [0.1, 0.15) is 6.54 Å². The zero-order valence-corrected chi connectivity index (χ0v) is 24.9. The first-order chi connectivity index (χ1) is 19.0. The standard InChI is InChI=1S/C30H30Cl2N4O3S/c1-20(2)23-10-12-27(13-11-23)35(40(38,39)29-8-6-5-7-9-29)19-30(37)34-33-18-24-14-21(3)36(22(24)4)28-16-25(31)15-26(32)17-28/h5-18,20H,19H2,1-4H3,(H,34,37)/b33-18-. The highest BCUT2D eigenvalue weighted by atomic mass is 35.5. The average molecular weight is 598 g/mol. The summed E-state index contributed by atoms with van der Waals surface area (Å²) in [5.41, 5.74) is 7.29. The third-order valence-corrected chi connectivity index (χ3v) is 8.66. The molecule has 1 N–H and O–H groups in total. The Morgan fingerprint density at radius 1 is 0.975 bits per heavy atom. The zero-order valence-electron chi connectivity index (χ0n) is 22.6. The first kappa shape index (κ1) is 29.4. The lowest BCUT2D eigenvalue weighted by atomic mass is 10.0. The van der Waals surface area contributed by atoms with Crippen LogP contribution in [0, 0.1) is 13.8 Å². The third kappa shape index (κ3) is 6.58. The van der Waals surface area contributed by atoms with E-state index in [1.54, 1.807) is 36.4 Å². The van der Waals surface area contributed by atoms with Gasteiger partial charge >= 0.3 is 0 Å². The van der Waals surface area contributed by atoms with Gasteiger partial charge in [0, 0.05) is 32.7 Å². The molecule has 7 nitrogen and oxygen atoms in total. The number of aryl methyl sites for hydroxylation is 1. The van der Waals surface area contributed by atoms with Crippen molar-refractivity contribution in [1.29, 1.82) is 0 Å². The fourth-order valence-corrected chi connectivity index (χ4v) is 6.34. The molecule has 3 aromatic carbocycles. The molecule has 0 atom stereocenters. The summed E-state index contributed by atoms with van der Waals surface area (Å²) < 4.78 is 30.1. The minimum absolute atomic E-state index is 0.0906. The molecule has 1 amide bonds. The van der Waals surface area contributed by atoms with Gasteiger partial charge in [-0.25, -0.2) is 13.8 Å². The molecule has 1 aromatic heterocycles. The topological polar surface area (TPSA) is 83.8 Å². The van der Waals surface area contributed by atoms with Crippen LogP contribution in [0.2, 0.25) is 10.0 Å². The fraction of sp³-hybridized carbons (Fsp3) is 0.200. The molecule has 0 saturated heterocycles. The molecule has 40 heavy (non-hydrogen) atoms. The maximum absolute atomic E-state index is 13.5. The minimum atomic E-state index is -4.01. The Kier molecular flexibility index (Phi) is 9.03. The van der Waals surface area contributed by atoms with Crippen molar-refractivity contribution < 1.29 is 13.2 Å². The highest BCUT2D eigenvalue weighted by Crippen LogP contribution is 2.27. The van der Waals surface area contributed by atoms with E-state index in [1.165, 1.54) is 18.3 Å². The maximum Gasteiger partial charge on any atom is 0.264 e. The molecule has 1 heterocycles. The normalized spacial score (nSPS) is 11.8. The number of carbonyl (C=O) groups is 1. The molecule has 0 fully saturated rings. The molecule has 0 aliphatic rings. The number of sulfonamides is 1. The summed E-state index contributed by atoms with van der Waals surface area (Å²) in [5.74, 6) is -0.303. The molecule has 0 saturated carbocycles. The van der Waals surface area contributed by atoms with Crippen molar-refractivity contribution in [3.8, 4) is 5.69 Å². The van der Waals surface area contributed by atoms with Crippen molar-refractivity contribution in [2.24, 2.45) is 5.10 Å². The number of hydrogen-bond donors (Lipinski definition) is 1. The van der Waals surface area contributed by atoms with E-state index in [0.29, 0.717) is 15.7 Å². The fourth-order valence-electron chi connectivity index (χ4n) is 4.38. The smallest absolute Gasteiger partial charge is 0.264 e. The minimum Gasteiger partial charge on any atom is -0.318 e. The van der Waals surface area contributed by atoms with Crippen molar-refractivity contribution in [3.63, 3.8) is 0 Å². The number of benzene rings is 3. The second-order valence-electron chi connectivity index (χ2n) is 9.65.